The summed E-state index contributed by atoms with van der Waals surface area (Å²) in [6.45, 7) is 0.403. The smallest absolute Gasteiger partial charge is 0.472 e. The Labute approximate surface area is 285 Å². The number of hydrogen-bond donors (Lipinski definition) is 4. The number of carbonyl (C=O) groups excluding carboxylic acids is 4. The summed E-state index contributed by atoms with van der Waals surface area (Å²) in [6.07, 6.45) is 2.74. The Kier molecular flexibility index (Phi) is 18.2. The number of nitrogens with two attached hydrogens (primary N) is 1. The molecular formula is C33H45N2O13P. The number of hydrogen-bond acceptors (Lipinski definition) is 12. The van der Waals surface area contributed by atoms with E-state index in [9.17, 15) is 33.4 Å². The molecular weight excluding hydrogens is 663 g/mol. The molecule has 49 heavy (non-hydrogen) atoms. The monoisotopic (exact) mass is 708 g/mol. The van der Waals surface area contributed by atoms with Gasteiger partial charge in [-0.3, -0.25) is 33.0 Å². The zero-order chi connectivity index (χ0) is 36.2. The molecule has 2 rings (SSSR count). The van der Waals surface area contributed by atoms with Crippen LogP contribution in [0.25, 0.3) is 0 Å². The predicted octanol–water partition coefficient (Wildman–Crippen LogP) is 3.80. The maximum atomic E-state index is 12.7. The molecule has 0 aliphatic heterocycles. The highest BCUT2D eigenvalue weighted by Crippen LogP contribution is 2.43. The van der Waals surface area contributed by atoms with Crippen LogP contribution >= 0.6 is 7.82 Å². The van der Waals surface area contributed by atoms with Crippen molar-refractivity contribution in [1.29, 1.82) is 0 Å². The van der Waals surface area contributed by atoms with E-state index in [4.69, 9.17) is 29.6 Å². The number of aliphatic carboxylic acids is 1. The lowest BCUT2D eigenvalue weighted by Crippen LogP contribution is -2.34. The van der Waals surface area contributed by atoms with Crippen molar-refractivity contribution >= 4 is 37.4 Å². The van der Waals surface area contributed by atoms with E-state index in [0.29, 0.717) is 54.7 Å². The second-order valence-electron chi connectivity index (χ2n) is 11.0. The first-order chi connectivity index (χ1) is 23.3. The number of ketones is 1. The van der Waals surface area contributed by atoms with Crippen molar-refractivity contribution in [1.82, 2.24) is 5.32 Å². The normalized spacial score (nSPS) is 13.4. The lowest BCUT2D eigenvalue weighted by molar-refractivity contribution is -0.161. The van der Waals surface area contributed by atoms with Gasteiger partial charge in [0.15, 0.2) is 11.9 Å². The zero-order valence-electron chi connectivity index (χ0n) is 27.7. The minimum atomic E-state index is -4.75. The maximum Gasteiger partial charge on any atom is 0.472 e. The number of benzene rings is 2. The summed E-state index contributed by atoms with van der Waals surface area (Å²) in [6, 6.07) is 11.5. The van der Waals surface area contributed by atoms with Crippen molar-refractivity contribution in [2.75, 3.05) is 33.5 Å². The van der Waals surface area contributed by atoms with E-state index < -0.39 is 57.7 Å². The van der Waals surface area contributed by atoms with E-state index in [0.717, 1.165) is 12.8 Å². The highest BCUT2D eigenvalue weighted by molar-refractivity contribution is 7.47. The van der Waals surface area contributed by atoms with Crippen LogP contribution < -0.4 is 15.8 Å². The maximum absolute atomic E-state index is 12.7. The molecule has 0 fully saturated rings. The van der Waals surface area contributed by atoms with Crippen LogP contribution in [0.4, 0.5) is 0 Å². The van der Waals surface area contributed by atoms with Crippen molar-refractivity contribution in [3.63, 3.8) is 0 Å². The molecule has 5 N–H and O–H groups in total. The predicted molar refractivity (Wildman–Crippen MR) is 176 cm³/mol. The Bertz CT molecular complexity index is 1420. The molecule has 0 aliphatic rings. The zero-order valence-corrected chi connectivity index (χ0v) is 28.6. The van der Waals surface area contributed by atoms with E-state index in [1.165, 1.54) is 0 Å². The quantitative estimate of drug-likeness (QED) is 0.0527. The van der Waals surface area contributed by atoms with Crippen molar-refractivity contribution in [3.8, 4) is 5.75 Å². The summed E-state index contributed by atoms with van der Waals surface area (Å²) >= 11 is 0. The molecule has 0 spiro atoms. The van der Waals surface area contributed by atoms with Crippen LogP contribution in [0.1, 0.15) is 84.6 Å². The van der Waals surface area contributed by atoms with Gasteiger partial charge in [0.1, 0.15) is 18.4 Å². The van der Waals surface area contributed by atoms with Crippen LogP contribution in [0.2, 0.25) is 0 Å². The average molecular weight is 709 g/mol. The molecule has 0 saturated heterocycles. The minimum absolute atomic E-state index is 0.0321. The number of ether oxygens (including phenoxy) is 3. The summed E-state index contributed by atoms with van der Waals surface area (Å²) < 4.78 is 37.0. The molecule has 16 heteroatoms. The van der Waals surface area contributed by atoms with Crippen LogP contribution in [0.3, 0.4) is 0 Å². The Morgan fingerprint density at radius 1 is 0.796 bits per heavy atom. The Hall–Kier alpha value is -4.14. The highest BCUT2D eigenvalue weighted by Gasteiger charge is 2.28. The number of nitrogens with one attached hydrogen (secondary N) is 1. The third-order valence-corrected chi connectivity index (χ3v) is 7.93. The summed E-state index contributed by atoms with van der Waals surface area (Å²) in [4.78, 5) is 70.3. The van der Waals surface area contributed by atoms with E-state index in [1.54, 1.807) is 55.6 Å². The standard InChI is InChI=1S/C33H45N2O13P/c1-3-4-6-10-30(37)48-27(21-46-49(42,43)47-22-28(34)33(40)41)20-45-29(36)9-7-5-8-19-35-32(39)25-13-11-23(12-14-25)31(38)24-15-17-26(44-2)18-16-24/h11-18,27-28H,3-10,19-22,34H2,1-2H3,(H,35,39)(H,40,41)(H,42,43)/t27-,28-/m0/s1. The number of esters is 2. The molecule has 270 valence electrons. The van der Waals surface area contributed by atoms with E-state index in [-0.39, 0.29) is 24.5 Å². The number of carboxylic acid groups (broad SMARTS) is 1. The van der Waals surface area contributed by atoms with Crippen molar-refractivity contribution in [2.45, 2.75) is 70.4 Å². The Morgan fingerprint density at radius 2 is 1.37 bits per heavy atom. The number of phosphoric acid groups is 1. The molecule has 0 aliphatic carbocycles. The van der Waals surface area contributed by atoms with Gasteiger partial charge in [-0.15, -0.1) is 0 Å². The third kappa shape index (κ3) is 16.2. The molecule has 0 radical (unpaired) electrons. The van der Waals surface area contributed by atoms with Crippen LogP contribution in [0.5, 0.6) is 5.75 Å². The van der Waals surface area contributed by atoms with Gasteiger partial charge in [0.25, 0.3) is 5.91 Å². The number of amides is 1. The van der Waals surface area contributed by atoms with Gasteiger partial charge < -0.3 is 35.3 Å². The summed E-state index contributed by atoms with van der Waals surface area (Å²) in [5.74, 6) is -2.50. The molecule has 0 bridgehead atoms. The van der Waals surface area contributed by atoms with E-state index >= 15 is 0 Å². The van der Waals surface area contributed by atoms with Crippen LogP contribution in [-0.4, -0.2) is 85.2 Å². The number of carboxylic acids is 1. The second kappa shape index (κ2) is 21.8. The fraction of sp³-hybridized carbons (Fsp3) is 0.485. The molecule has 0 heterocycles. The highest BCUT2D eigenvalue weighted by atomic mass is 31.2. The van der Waals surface area contributed by atoms with Gasteiger partial charge in [0, 0.05) is 36.1 Å². The number of rotatable bonds is 24. The summed E-state index contributed by atoms with van der Waals surface area (Å²) in [5.41, 5.74) is 6.59. The lowest BCUT2D eigenvalue weighted by Gasteiger charge is -2.20. The Balaban J connectivity index is 1.73. The van der Waals surface area contributed by atoms with Crippen LogP contribution in [-0.2, 0) is 37.5 Å². The van der Waals surface area contributed by atoms with E-state index in [2.05, 4.69) is 9.84 Å². The molecule has 2 aromatic carbocycles. The molecule has 1 unspecified atom stereocenters. The SMILES string of the molecule is CCCCCC(=O)O[C@@H](COC(=O)CCCCCNC(=O)c1ccc(C(=O)c2ccc(OC)cc2)cc1)COP(=O)(O)OC[C@H](N)C(=O)O. The minimum Gasteiger partial charge on any atom is -0.497 e. The van der Waals surface area contributed by atoms with Gasteiger partial charge in [-0.05, 0) is 55.7 Å². The van der Waals surface area contributed by atoms with Gasteiger partial charge in [0.2, 0.25) is 0 Å². The molecule has 2 aromatic rings. The molecule has 3 atom stereocenters. The van der Waals surface area contributed by atoms with Crippen molar-refractivity contribution < 1.29 is 61.8 Å². The fourth-order valence-corrected chi connectivity index (χ4v) is 4.93. The number of unbranched alkanes of at least 4 members (excludes halogenated alkanes) is 4. The Morgan fingerprint density at radius 3 is 1.98 bits per heavy atom. The average Bonchev–Trinajstić information content (AvgIpc) is 3.09. The van der Waals surface area contributed by atoms with Gasteiger partial charge in [-0.2, -0.15) is 0 Å². The first kappa shape index (κ1) is 41.0. The van der Waals surface area contributed by atoms with Gasteiger partial charge in [-0.25, -0.2) is 4.57 Å². The van der Waals surface area contributed by atoms with Gasteiger partial charge in [0.05, 0.1) is 20.3 Å². The first-order valence-electron chi connectivity index (χ1n) is 15.9. The van der Waals surface area contributed by atoms with E-state index in [1.807, 2.05) is 6.92 Å². The first-order valence-corrected chi connectivity index (χ1v) is 17.4. The van der Waals surface area contributed by atoms with Crippen LogP contribution in [0.15, 0.2) is 48.5 Å². The summed E-state index contributed by atoms with van der Waals surface area (Å²) in [7, 11) is -3.21. The second-order valence-corrected chi connectivity index (χ2v) is 12.4. The number of phosphoric ester groups is 1. The molecule has 15 nitrogen and oxygen atoms in total. The fourth-order valence-electron chi connectivity index (χ4n) is 4.16. The lowest BCUT2D eigenvalue weighted by atomic mass is 10.0. The number of methoxy groups -OCH3 is 1. The van der Waals surface area contributed by atoms with Crippen molar-refractivity contribution in [3.05, 3.63) is 65.2 Å². The van der Waals surface area contributed by atoms with Gasteiger partial charge >= 0.3 is 25.7 Å². The van der Waals surface area contributed by atoms with Crippen LogP contribution in [0, 0.1) is 0 Å². The number of carbonyl (C=O) groups is 5. The topological polar surface area (TPSA) is 227 Å². The molecule has 0 aromatic heterocycles. The molecule has 0 saturated carbocycles. The third-order valence-electron chi connectivity index (χ3n) is 6.98. The van der Waals surface area contributed by atoms with Crippen molar-refractivity contribution in [2.24, 2.45) is 5.73 Å². The van der Waals surface area contributed by atoms with Gasteiger partial charge in [-0.1, -0.05) is 38.3 Å². The largest absolute Gasteiger partial charge is 0.497 e. The molecule has 1 amide bonds. The summed E-state index contributed by atoms with van der Waals surface area (Å²) in [5, 5.41) is 11.6.